The number of carboxylic acid groups (broad SMARTS) is 2. The zero-order valence-corrected chi connectivity index (χ0v) is 8.12. The molecule has 0 aromatic rings. The summed E-state index contributed by atoms with van der Waals surface area (Å²) in [6.07, 6.45) is 0.305. The van der Waals surface area contributed by atoms with Gasteiger partial charge in [0.1, 0.15) is 5.54 Å². The fraction of sp³-hybridized carbons (Fsp3) is 0.556. The number of rotatable bonds is 6. The summed E-state index contributed by atoms with van der Waals surface area (Å²) < 4.78 is 0. The summed E-state index contributed by atoms with van der Waals surface area (Å²) in [6.45, 7) is 4.96. The van der Waals surface area contributed by atoms with Crippen molar-refractivity contribution in [1.29, 1.82) is 0 Å². The summed E-state index contributed by atoms with van der Waals surface area (Å²) in [6, 6.07) is 0. The molecule has 0 radical (unpaired) electrons. The number of aliphatic carboxylic acids is 2. The Hall–Kier alpha value is -1.36. The normalized spacial score (nSPS) is 14.4. The maximum absolute atomic E-state index is 10.6. The lowest BCUT2D eigenvalue weighted by molar-refractivity contribution is -0.142. The number of nitrogens with two attached hydrogens (primary N) is 1. The maximum Gasteiger partial charge on any atom is 0.323 e. The molecule has 1 atom stereocenters. The van der Waals surface area contributed by atoms with Crippen molar-refractivity contribution in [3.8, 4) is 0 Å². The Morgan fingerprint density at radius 1 is 1.36 bits per heavy atom. The number of hydrogen-bond donors (Lipinski definition) is 3. The van der Waals surface area contributed by atoms with Crippen LogP contribution in [0.4, 0.5) is 0 Å². The minimum absolute atomic E-state index is 0.0471. The molecule has 0 saturated heterocycles. The Balaban J connectivity index is 4.06. The average Bonchev–Trinajstić information content (AvgIpc) is 1.99. The monoisotopic (exact) mass is 201 g/mol. The second kappa shape index (κ2) is 4.76. The summed E-state index contributed by atoms with van der Waals surface area (Å²) in [7, 11) is 0. The molecule has 14 heavy (non-hydrogen) atoms. The molecule has 0 rings (SSSR count). The third-order valence-corrected chi connectivity index (χ3v) is 1.80. The lowest BCUT2D eigenvalue weighted by atomic mass is 9.93. The van der Waals surface area contributed by atoms with Gasteiger partial charge in [-0.25, -0.2) is 0 Å². The van der Waals surface area contributed by atoms with Gasteiger partial charge in [0.15, 0.2) is 0 Å². The summed E-state index contributed by atoms with van der Waals surface area (Å²) in [5.74, 6) is -2.05. The molecule has 5 heteroatoms. The Labute approximate surface area is 82.2 Å². The summed E-state index contributed by atoms with van der Waals surface area (Å²) >= 11 is 0. The molecule has 0 saturated carbocycles. The predicted molar refractivity (Wildman–Crippen MR) is 50.9 cm³/mol. The lowest BCUT2D eigenvalue weighted by Gasteiger charge is -2.19. The second-order valence-electron chi connectivity index (χ2n) is 3.54. The van der Waals surface area contributed by atoms with Crippen LogP contribution in [0.1, 0.15) is 26.2 Å². The first kappa shape index (κ1) is 12.6. The molecule has 4 N–H and O–H groups in total. The first-order valence-electron chi connectivity index (χ1n) is 4.16. The number of carbonyl (C=O) groups is 2. The van der Waals surface area contributed by atoms with Gasteiger partial charge in [-0.1, -0.05) is 12.2 Å². The highest BCUT2D eigenvalue weighted by molar-refractivity contribution is 5.78. The maximum atomic E-state index is 10.6. The van der Waals surface area contributed by atoms with E-state index < -0.39 is 17.5 Å². The smallest absolute Gasteiger partial charge is 0.323 e. The van der Waals surface area contributed by atoms with Gasteiger partial charge in [-0.05, 0) is 19.8 Å². The van der Waals surface area contributed by atoms with E-state index in [1.807, 2.05) is 0 Å². The first-order chi connectivity index (χ1) is 6.25. The standard InChI is InChI=1S/C9H15NO4/c1-6(3-4-7(11)12)5-9(2,10)8(13)14/h1,3-5,10H2,2H3,(H,11,12)(H,13,14). The van der Waals surface area contributed by atoms with E-state index in [1.54, 1.807) is 0 Å². The van der Waals surface area contributed by atoms with Gasteiger partial charge in [-0.15, -0.1) is 0 Å². The van der Waals surface area contributed by atoms with E-state index in [1.165, 1.54) is 6.92 Å². The van der Waals surface area contributed by atoms with Crippen molar-refractivity contribution < 1.29 is 19.8 Å². The van der Waals surface area contributed by atoms with Crippen molar-refractivity contribution in [2.45, 2.75) is 31.7 Å². The predicted octanol–water partition coefficient (Wildman–Crippen LogP) is 0.600. The average molecular weight is 201 g/mol. The largest absolute Gasteiger partial charge is 0.481 e. The molecule has 0 aliphatic carbocycles. The Bertz CT molecular complexity index is 258. The Morgan fingerprint density at radius 3 is 2.21 bits per heavy atom. The molecule has 0 heterocycles. The third kappa shape index (κ3) is 4.61. The molecular weight excluding hydrogens is 186 g/mol. The molecular formula is C9H15NO4. The van der Waals surface area contributed by atoms with Crippen LogP contribution in [-0.2, 0) is 9.59 Å². The molecule has 0 aliphatic heterocycles. The van der Waals surface area contributed by atoms with Gasteiger partial charge in [-0.2, -0.15) is 0 Å². The molecule has 0 fully saturated rings. The van der Waals surface area contributed by atoms with E-state index in [0.29, 0.717) is 5.57 Å². The van der Waals surface area contributed by atoms with Crippen molar-refractivity contribution in [2.75, 3.05) is 0 Å². The molecule has 0 aromatic heterocycles. The minimum atomic E-state index is -1.37. The third-order valence-electron chi connectivity index (χ3n) is 1.80. The topological polar surface area (TPSA) is 101 Å². The van der Waals surface area contributed by atoms with Gasteiger partial charge < -0.3 is 15.9 Å². The van der Waals surface area contributed by atoms with Crippen LogP contribution in [0.15, 0.2) is 12.2 Å². The fourth-order valence-corrected chi connectivity index (χ4v) is 0.967. The Kier molecular flexibility index (Phi) is 4.30. The van der Waals surface area contributed by atoms with Crippen LogP contribution in [0.5, 0.6) is 0 Å². The van der Waals surface area contributed by atoms with Crippen LogP contribution in [0.25, 0.3) is 0 Å². The Morgan fingerprint density at radius 2 is 1.86 bits per heavy atom. The SMILES string of the molecule is C=C(CCC(=O)O)CC(C)(N)C(=O)O. The van der Waals surface area contributed by atoms with Crippen molar-refractivity contribution in [3.63, 3.8) is 0 Å². The van der Waals surface area contributed by atoms with E-state index in [4.69, 9.17) is 15.9 Å². The lowest BCUT2D eigenvalue weighted by Crippen LogP contribution is -2.45. The molecule has 0 amide bonds. The van der Waals surface area contributed by atoms with Gasteiger partial charge >= 0.3 is 11.9 Å². The molecule has 80 valence electrons. The quantitative estimate of drug-likeness (QED) is 0.546. The first-order valence-corrected chi connectivity index (χ1v) is 4.16. The van der Waals surface area contributed by atoms with E-state index in [2.05, 4.69) is 6.58 Å². The van der Waals surface area contributed by atoms with Crippen LogP contribution < -0.4 is 5.73 Å². The second-order valence-corrected chi connectivity index (χ2v) is 3.54. The van der Waals surface area contributed by atoms with Crippen LogP contribution >= 0.6 is 0 Å². The van der Waals surface area contributed by atoms with E-state index >= 15 is 0 Å². The molecule has 1 unspecified atom stereocenters. The van der Waals surface area contributed by atoms with Crippen molar-refractivity contribution >= 4 is 11.9 Å². The van der Waals surface area contributed by atoms with Gasteiger partial charge in [0.05, 0.1) is 0 Å². The van der Waals surface area contributed by atoms with E-state index in [-0.39, 0.29) is 19.3 Å². The minimum Gasteiger partial charge on any atom is -0.481 e. The highest BCUT2D eigenvalue weighted by Crippen LogP contribution is 2.16. The van der Waals surface area contributed by atoms with Gasteiger partial charge in [0, 0.05) is 6.42 Å². The summed E-state index contributed by atoms with van der Waals surface area (Å²) in [4.78, 5) is 20.8. The summed E-state index contributed by atoms with van der Waals surface area (Å²) in [5.41, 5.74) is 4.64. The molecule has 0 aliphatic rings. The zero-order valence-electron chi connectivity index (χ0n) is 8.12. The van der Waals surface area contributed by atoms with E-state index in [0.717, 1.165) is 0 Å². The molecule has 0 spiro atoms. The molecule has 5 nitrogen and oxygen atoms in total. The molecule has 0 aromatic carbocycles. The highest BCUT2D eigenvalue weighted by atomic mass is 16.4. The van der Waals surface area contributed by atoms with Crippen LogP contribution in [0.3, 0.4) is 0 Å². The zero-order chi connectivity index (χ0) is 11.4. The molecule has 0 bridgehead atoms. The van der Waals surface area contributed by atoms with E-state index in [9.17, 15) is 9.59 Å². The van der Waals surface area contributed by atoms with Crippen molar-refractivity contribution in [2.24, 2.45) is 5.73 Å². The number of hydrogen-bond acceptors (Lipinski definition) is 3. The van der Waals surface area contributed by atoms with Crippen molar-refractivity contribution in [1.82, 2.24) is 0 Å². The van der Waals surface area contributed by atoms with Gasteiger partial charge in [-0.3, -0.25) is 9.59 Å². The highest BCUT2D eigenvalue weighted by Gasteiger charge is 2.28. The van der Waals surface area contributed by atoms with Crippen molar-refractivity contribution in [3.05, 3.63) is 12.2 Å². The summed E-state index contributed by atoms with van der Waals surface area (Å²) in [5, 5.41) is 17.1. The van der Waals surface area contributed by atoms with Crippen LogP contribution in [-0.4, -0.2) is 27.7 Å². The van der Waals surface area contributed by atoms with Crippen LogP contribution in [0.2, 0.25) is 0 Å². The fourth-order valence-electron chi connectivity index (χ4n) is 0.967. The van der Waals surface area contributed by atoms with Gasteiger partial charge in [0.25, 0.3) is 0 Å². The number of carboxylic acids is 2. The van der Waals surface area contributed by atoms with Gasteiger partial charge in [0.2, 0.25) is 0 Å². The van der Waals surface area contributed by atoms with Crippen LogP contribution in [0, 0.1) is 0 Å².